The molecule has 0 radical (unpaired) electrons. The second kappa shape index (κ2) is 4.26. The Labute approximate surface area is 106 Å². The maximum Gasteiger partial charge on any atom is 0.0684 e. The van der Waals surface area contributed by atoms with Crippen LogP contribution in [0, 0.1) is 29.6 Å². The molecule has 3 fully saturated rings. The molecule has 2 bridgehead atoms. The largest absolute Gasteiger partial charge is 0.390 e. The molecule has 3 aliphatic rings. The lowest BCUT2D eigenvalue weighted by atomic mass is 9.69. The first-order valence-electron chi connectivity index (χ1n) is 7.90. The highest BCUT2D eigenvalue weighted by Gasteiger charge is 2.60. The molecule has 3 rings (SSSR count). The number of fused-ring (bicyclic) bond motifs is 5. The SMILES string of the molecule is CCC(CC)CC1(O)CC2CC1C1CCCC21. The van der Waals surface area contributed by atoms with Crippen molar-refractivity contribution in [2.75, 3.05) is 0 Å². The molecular formula is C16H28O. The highest BCUT2D eigenvalue weighted by Crippen LogP contribution is 2.63. The predicted octanol–water partition coefficient (Wildman–Crippen LogP) is 4.00. The molecule has 0 amide bonds. The fourth-order valence-electron chi connectivity index (χ4n) is 5.55. The molecule has 0 aromatic carbocycles. The Balaban J connectivity index is 1.73. The van der Waals surface area contributed by atoms with E-state index in [-0.39, 0.29) is 5.60 Å². The second-order valence-corrected chi connectivity index (χ2v) is 7.06. The Morgan fingerprint density at radius 1 is 1.18 bits per heavy atom. The van der Waals surface area contributed by atoms with E-state index in [4.69, 9.17) is 0 Å². The lowest BCUT2D eigenvalue weighted by Gasteiger charge is -2.41. The van der Waals surface area contributed by atoms with Crippen molar-refractivity contribution in [1.29, 1.82) is 0 Å². The molecule has 1 nitrogen and oxygen atoms in total. The van der Waals surface area contributed by atoms with E-state index >= 15 is 0 Å². The minimum Gasteiger partial charge on any atom is -0.390 e. The van der Waals surface area contributed by atoms with Crippen LogP contribution in [0.2, 0.25) is 0 Å². The fourth-order valence-corrected chi connectivity index (χ4v) is 5.55. The van der Waals surface area contributed by atoms with Gasteiger partial charge in [0.05, 0.1) is 5.60 Å². The maximum absolute atomic E-state index is 11.1. The second-order valence-electron chi connectivity index (χ2n) is 7.06. The predicted molar refractivity (Wildman–Crippen MR) is 70.7 cm³/mol. The monoisotopic (exact) mass is 236 g/mol. The average molecular weight is 236 g/mol. The molecule has 98 valence electrons. The maximum atomic E-state index is 11.1. The van der Waals surface area contributed by atoms with Crippen molar-refractivity contribution < 1.29 is 5.11 Å². The van der Waals surface area contributed by atoms with E-state index in [0.717, 1.165) is 36.5 Å². The summed E-state index contributed by atoms with van der Waals surface area (Å²) in [4.78, 5) is 0. The van der Waals surface area contributed by atoms with Crippen LogP contribution >= 0.6 is 0 Å². The van der Waals surface area contributed by atoms with Crippen molar-refractivity contribution >= 4 is 0 Å². The molecular weight excluding hydrogens is 208 g/mol. The summed E-state index contributed by atoms with van der Waals surface area (Å²) in [5.41, 5.74) is -0.271. The van der Waals surface area contributed by atoms with Crippen LogP contribution in [0.4, 0.5) is 0 Å². The van der Waals surface area contributed by atoms with Gasteiger partial charge in [-0.25, -0.2) is 0 Å². The molecule has 0 saturated heterocycles. The van der Waals surface area contributed by atoms with Gasteiger partial charge in [0.1, 0.15) is 0 Å². The summed E-state index contributed by atoms with van der Waals surface area (Å²) in [5, 5.41) is 11.1. The molecule has 1 N–H and O–H groups in total. The van der Waals surface area contributed by atoms with Crippen LogP contribution in [0.25, 0.3) is 0 Å². The van der Waals surface area contributed by atoms with E-state index in [1.807, 2.05) is 0 Å². The summed E-state index contributed by atoms with van der Waals surface area (Å²) in [6.07, 6.45) is 10.4. The van der Waals surface area contributed by atoms with E-state index in [2.05, 4.69) is 13.8 Å². The van der Waals surface area contributed by atoms with E-state index in [1.54, 1.807) is 0 Å². The molecule has 17 heavy (non-hydrogen) atoms. The van der Waals surface area contributed by atoms with Crippen LogP contribution in [-0.2, 0) is 0 Å². The van der Waals surface area contributed by atoms with E-state index in [0.29, 0.717) is 5.92 Å². The first-order chi connectivity index (χ1) is 8.18. The molecule has 3 saturated carbocycles. The first-order valence-corrected chi connectivity index (χ1v) is 7.90. The third-order valence-electron chi connectivity index (χ3n) is 6.41. The summed E-state index contributed by atoms with van der Waals surface area (Å²) in [6.45, 7) is 4.56. The minimum atomic E-state index is -0.271. The van der Waals surface area contributed by atoms with Crippen molar-refractivity contribution in [3.8, 4) is 0 Å². The quantitative estimate of drug-likeness (QED) is 0.782. The minimum absolute atomic E-state index is 0.271. The van der Waals surface area contributed by atoms with Gasteiger partial charge in [0.15, 0.2) is 0 Å². The zero-order valence-electron chi connectivity index (χ0n) is 11.5. The highest BCUT2D eigenvalue weighted by atomic mass is 16.3. The molecule has 0 aromatic rings. The number of aliphatic hydroxyl groups is 1. The zero-order chi connectivity index (χ0) is 12.0. The molecule has 0 spiro atoms. The molecule has 1 heteroatoms. The Morgan fingerprint density at radius 3 is 2.59 bits per heavy atom. The van der Waals surface area contributed by atoms with Crippen molar-refractivity contribution in [3.63, 3.8) is 0 Å². The third kappa shape index (κ3) is 1.77. The fraction of sp³-hybridized carbons (Fsp3) is 1.00. The number of rotatable bonds is 4. The van der Waals surface area contributed by atoms with Gasteiger partial charge in [-0.1, -0.05) is 33.1 Å². The Morgan fingerprint density at radius 2 is 1.88 bits per heavy atom. The van der Waals surface area contributed by atoms with Crippen LogP contribution in [0.15, 0.2) is 0 Å². The highest BCUT2D eigenvalue weighted by molar-refractivity contribution is 5.10. The summed E-state index contributed by atoms with van der Waals surface area (Å²) < 4.78 is 0. The van der Waals surface area contributed by atoms with Crippen LogP contribution in [0.1, 0.15) is 65.2 Å². The van der Waals surface area contributed by atoms with Gasteiger partial charge in [0.2, 0.25) is 0 Å². The van der Waals surface area contributed by atoms with Crippen molar-refractivity contribution in [3.05, 3.63) is 0 Å². The molecule has 3 aliphatic carbocycles. The summed E-state index contributed by atoms with van der Waals surface area (Å²) in [6, 6.07) is 0. The van der Waals surface area contributed by atoms with Gasteiger partial charge in [-0.15, -0.1) is 0 Å². The molecule has 5 unspecified atom stereocenters. The van der Waals surface area contributed by atoms with Crippen LogP contribution in [0.3, 0.4) is 0 Å². The van der Waals surface area contributed by atoms with Crippen molar-refractivity contribution in [1.82, 2.24) is 0 Å². The average Bonchev–Trinajstić information content (AvgIpc) is 2.96. The Hall–Kier alpha value is -0.0400. The van der Waals surface area contributed by atoms with Crippen molar-refractivity contribution in [2.45, 2.75) is 70.8 Å². The third-order valence-corrected chi connectivity index (χ3v) is 6.41. The summed E-state index contributed by atoms with van der Waals surface area (Å²) in [7, 11) is 0. The van der Waals surface area contributed by atoms with E-state index in [9.17, 15) is 5.11 Å². The van der Waals surface area contributed by atoms with Gasteiger partial charge in [-0.3, -0.25) is 0 Å². The normalized spacial score (nSPS) is 48.0. The van der Waals surface area contributed by atoms with E-state index in [1.165, 1.54) is 38.5 Å². The Kier molecular flexibility index (Phi) is 3.01. The van der Waals surface area contributed by atoms with Gasteiger partial charge in [-0.05, 0) is 61.7 Å². The lowest BCUT2D eigenvalue weighted by Crippen LogP contribution is -2.42. The van der Waals surface area contributed by atoms with Gasteiger partial charge >= 0.3 is 0 Å². The van der Waals surface area contributed by atoms with E-state index < -0.39 is 0 Å². The van der Waals surface area contributed by atoms with Crippen LogP contribution in [-0.4, -0.2) is 10.7 Å². The number of hydrogen-bond acceptors (Lipinski definition) is 1. The van der Waals surface area contributed by atoms with Gasteiger partial charge in [0.25, 0.3) is 0 Å². The van der Waals surface area contributed by atoms with Gasteiger partial charge in [0, 0.05) is 0 Å². The standard InChI is InChI=1S/C16H28O/c1-3-11(4-2)9-16(17)10-12-8-15(16)14-7-5-6-13(12)14/h11-15,17H,3-10H2,1-2H3. The molecule has 5 atom stereocenters. The molecule has 0 aromatic heterocycles. The first kappa shape index (κ1) is 12.0. The Bertz CT molecular complexity index is 283. The van der Waals surface area contributed by atoms with Crippen LogP contribution < -0.4 is 0 Å². The summed E-state index contributed by atoms with van der Waals surface area (Å²) in [5.74, 6) is 4.20. The lowest BCUT2D eigenvalue weighted by molar-refractivity contribution is -0.0635. The van der Waals surface area contributed by atoms with Crippen molar-refractivity contribution in [2.24, 2.45) is 29.6 Å². The molecule has 0 aliphatic heterocycles. The zero-order valence-corrected chi connectivity index (χ0v) is 11.5. The topological polar surface area (TPSA) is 20.2 Å². The number of hydrogen-bond donors (Lipinski definition) is 1. The molecule has 0 heterocycles. The summed E-state index contributed by atoms with van der Waals surface area (Å²) >= 11 is 0. The van der Waals surface area contributed by atoms with Gasteiger partial charge in [-0.2, -0.15) is 0 Å². The van der Waals surface area contributed by atoms with Crippen LogP contribution in [0.5, 0.6) is 0 Å². The van der Waals surface area contributed by atoms with Gasteiger partial charge < -0.3 is 5.11 Å². The smallest absolute Gasteiger partial charge is 0.0684 e.